The third-order valence-electron chi connectivity index (χ3n) is 5.09. The Balaban J connectivity index is 1.53. The summed E-state index contributed by atoms with van der Waals surface area (Å²) in [6, 6.07) is 5.83. The molecule has 2 aliphatic heterocycles. The Labute approximate surface area is 164 Å². The van der Waals surface area contributed by atoms with E-state index in [1.807, 2.05) is 43.9 Å². The number of aromatic amines is 1. The zero-order valence-corrected chi connectivity index (χ0v) is 16.4. The van der Waals surface area contributed by atoms with Crippen LogP contribution in [-0.4, -0.2) is 40.2 Å². The summed E-state index contributed by atoms with van der Waals surface area (Å²) < 4.78 is 16.4. The number of nitrogens with one attached hydrogen (secondary N) is 1. The molecule has 2 aliphatic rings. The van der Waals surface area contributed by atoms with Crippen LogP contribution in [0, 0.1) is 0 Å². The predicted octanol–water partition coefficient (Wildman–Crippen LogP) is 3.63. The van der Waals surface area contributed by atoms with Gasteiger partial charge in [0.1, 0.15) is 11.6 Å². The van der Waals surface area contributed by atoms with E-state index in [1.54, 1.807) is 6.20 Å². The van der Waals surface area contributed by atoms with E-state index in [2.05, 4.69) is 9.97 Å². The first-order valence-corrected chi connectivity index (χ1v) is 9.60. The molecule has 148 valence electrons. The molecule has 1 aromatic carbocycles. The van der Waals surface area contributed by atoms with Gasteiger partial charge in [0.2, 0.25) is 6.79 Å². The first kappa shape index (κ1) is 18.4. The van der Waals surface area contributed by atoms with Gasteiger partial charge < -0.3 is 24.1 Å². The lowest BCUT2D eigenvalue weighted by atomic mass is 10.0. The van der Waals surface area contributed by atoms with Crippen molar-refractivity contribution in [3.63, 3.8) is 0 Å². The highest BCUT2D eigenvalue weighted by atomic mass is 16.7. The maximum Gasteiger partial charge on any atom is 0.253 e. The van der Waals surface area contributed by atoms with Crippen LogP contribution < -0.4 is 9.47 Å². The number of imidazole rings is 1. The molecule has 0 spiro atoms. The normalized spacial score (nSPS) is 15.7. The van der Waals surface area contributed by atoms with Crippen LogP contribution in [-0.2, 0) is 16.1 Å². The van der Waals surface area contributed by atoms with Crippen LogP contribution in [0.15, 0.2) is 35.7 Å². The fourth-order valence-electron chi connectivity index (χ4n) is 3.47. The van der Waals surface area contributed by atoms with Gasteiger partial charge in [-0.25, -0.2) is 4.98 Å². The molecule has 1 aromatic heterocycles. The van der Waals surface area contributed by atoms with Crippen molar-refractivity contribution >= 4 is 5.91 Å². The number of ether oxygens (including phenoxy) is 3. The van der Waals surface area contributed by atoms with Crippen LogP contribution in [0.5, 0.6) is 11.5 Å². The second-order valence-electron chi connectivity index (χ2n) is 7.33. The highest BCUT2D eigenvalue weighted by Gasteiger charge is 2.26. The number of hydrogen-bond acceptors (Lipinski definition) is 5. The van der Waals surface area contributed by atoms with Crippen molar-refractivity contribution in [2.45, 2.75) is 46.2 Å². The Morgan fingerprint density at radius 1 is 1.25 bits per heavy atom. The van der Waals surface area contributed by atoms with Crippen LogP contribution in [0.4, 0.5) is 0 Å². The highest BCUT2D eigenvalue weighted by molar-refractivity contribution is 5.94. The second kappa shape index (κ2) is 7.58. The minimum Gasteiger partial charge on any atom is -0.498 e. The molecule has 0 atom stereocenters. The fourth-order valence-corrected chi connectivity index (χ4v) is 3.47. The number of carbonyl (C=O) groups is 1. The minimum absolute atomic E-state index is 0.0215. The van der Waals surface area contributed by atoms with Gasteiger partial charge in [0.05, 0.1) is 30.6 Å². The molecule has 0 saturated heterocycles. The van der Waals surface area contributed by atoms with E-state index in [4.69, 9.17) is 14.2 Å². The smallest absolute Gasteiger partial charge is 0.253 e. The van der Waals surface area contributed by atoms with E-state index in [0.29, 0.717) is 13.2 Å². The lowest BCUT2D eigenvalue weighted by Crippen LogP contribution is -2.38. The summed E-state index contributed by atoms with van der Waals surface area (Å²) in [5, 5.41) is 0. The quantitative estimate of drug-likeness (QED) is 0.853. The van der Waals surface area contributed by atoms with Crippen LogP contribution in [0.3, 0.4) is 0 Å². The molecule has 0 radical (unpaired) electrons. The number of fused-ring (bicyclic) bond motifs is 1. The minimum atomic E-state index is 0.0215. The van der Waals surface area contributed by atoms with Gasteiger partial charge in [0, 0.05) is 11.6 Å². The molecule has 7 nitrogen and oxygen atoms in total. The number of amides is 1. The number of allylic oxidation sites excluding steroid dienone is 1. The number of aromatic nitrogens is 2. The summed E-state index contributed by atoms with van der Waals surface area (Å²) in [5.74, 6) is 2.98. The molecular weight excluding hydrogens is 358 g/mol. The zero-order valence-electron chi connectivity index (χ0n) is 16.4. The molecule has 0 bridgehead atoms. The van der Waals surface area contributed by atoms with Gasteiger partial charge in [-0.2, -0.15) is 0 Å². The Morgan fingerprint density at radius 3 is 2.86 bits per heavy atom. The van der Waals surface area contributed by atoms with Gasteiger partial charge in [-0.05, 0) is 51.8 Å². The van der Waals surface area contributed by atoms with E-state index >= 15 is 0 Å². The lowest BCUT2D eigenvalue weighted by molar-refractivity contribution is -0.130. The van der Waals surface area contributed by atoms with Crippen molar-refractivity contribution in [3.05, 3.63) is 41.6 Å². The third kappa shape index (κ3) is 3.56. The summed E-state index contributed by atoms with van der Waals surface area (Å²) in [4.78, 5) is 22.7. The van der Waals surface area contributed by atoms with Crippen molar-refractivity contribution in [1.29, 1.82) is 0 Å². The van der Waals surface area contributed by atoms with Gasteiger partial charge in [0.15, 0.2) is 11.5 Å². The maximum absolute atomic E-state index is 13.1. The standard InChI is InChI=1S/C21H25N3O4/c1-13(2)24(21(25)16-5-4-8-26-14(16)3)11-20-22-10-17(23-20)15-6-7-18-19(9-15)28-12-27-18/h6-7,9-10,13H,4-5,8,11-12H2,1-3H3,(H,22,23). The molecule has 28 heavy (non-hydrogen) atoms. The van der Waals surface area contributed by atoms with Gasteiger partial charge in [0.25, 0.3) is 5.91 Å². The molecule has 3 heterocycles. The number of benzene rings is 1. The Morgan fingerprint density at radius 2 is 2.07 bits per heavy atom. The summed E-state index contributed by atoms with van der Waals surface area (Å²) in [6.07, 6.45) is 3.41. The highest BCUT2D eigenvalue weighted by Crippen LogP contribution is 2.35. The Kier molecular flexibility index (Phi) is 4.98. The van der Waals surface area contributed by atoms with Crippen molar-refractivity contribution in [2.75, 3.05) is 13.4 Å². The van der Waals surface area contributed by atoms with E-state index < -0.39 is 0 Å². The first-order chi connectivity index (χ1) is 13.5. The number of H-pyrrole nitrogens is 1. The molecule has 1 N–H and O–H groups in total. The molecule has 0 fully saturated rings. The number of carbonyl (C=O) groups excluding carboxylic acids is 1. The van der Waals surface area contributed by atoms with Gasteiger partial charge in [-0.15, -0.1) is 0 Å². The molecule has 7 heteroatoms. The SMILES string of the molecule is CC1=C(C(=O)N(Cc2ncc(-c3ccc4c(c3)OCO4)[nH]2)C(C)C)CCCO1. The number of nitrogens with zero attached hydrogens (tertiary/aromatic N) is 2. The predicted molar refractivity (Wildman–Crippen MR) is 104 cm³/mol. The summed E-state index contributed by atoms with van der Waals surface area (Å²) >= 11 is 0. The molecule has 0 aliphatic carbocycles. The van der Waals surface area contributed by atoms with E-state index in [1.165, 1.54) is 0 Å². The van der Waals surface area contributed by atoms with Crippen LogP contribution >= 0.6 is 0 Å². The lowest BCUT2D eigenvalue weighted by Gasteiger charge is -2.29. The number of hydrogen-bond donors (Lipinski definition) is 1. The molecule has 0 saturated carbocycles. The van der Waals surface area contributed by atoms with Gasteiger partial charge in [-0.1, -0.05) is 0 Å². The number of rotatable bonds is 5. The first-order valence-electron chi connectivity index (χ1n) is 9.60. The van der Waals surface area contributed by atoms with Crippen molar-refractivity contribution in [1.82, 2.24) is 14.9 Å². The van der Waals surface area contributed by atoms with Gasteiger partial charge >= 0.3 is 0 Å². The maximum atomic E-state index is 13.1. The van der Waals surface area contributed by atoms with Gasteiger partial charge in [-0.3, -0.25) is 4.79 Å². The monoisotopic (exact) mass is 383 g/mol. The van der Waals surface area contributed by atoms with Crippen molar-refractivity contribution < 1.29 is 19.0 Å². The van der Waals surface area contributed by atoms with E-state index in [9.17, 15) is 4.79 Å². The Bertz CT molecular complexity index is 916. The van der Waals surface area contributed by atoms with Crippen molar-refractivity contribution in [2.24, 2.45) is 0 Å². The summed E-state index contributed by atoms with van der Waals surface area (Å²) in [6.45, 7) is 7.24. The zero-order chi connectivity index (χ0) is 19.7. The van der Waals surface area contributed by atoms with Crippen LogP contribution in [0.1, 0.15) is 39.4 Å². The van der Waals surface area contributed by atoms with Crippen LogP contribution in [0.2, 0.25) is 0 Å². The molecule has 2 aromatic rings. The summed E-state index contributed by atoms with van der Waals surface area (Å²) in [5.41, 5.74) is 2.60. The van der Waals surface area contributed by atoms with E-state index in [-0.39, 0.29) is 18.7 Å². The molecular formula is C21H25N3O4. The average Bonchev–Trinajstić information content (AvgIpc) is 3.34. The Hall–Kier alpha value is -2.96. The van der Waals surface area contributed by atoms with Crippen molar-refractivity contribution in [3.8, 4) is 22.8 Å². The van der Waals surface area contributed by atoms with Crippen LogP contribution in [0.25, 0.3) is 11.3 Å². The molecule has 1 amide bonds. The second-order valence-corrected chi connectivity index (χ2v) is 7.33. The molecule has 0 unspecified atom stereocenters. The molecule has 4 rings (SSSR count). The topological polar surface area (TPSA) is 76.7 Å². The largest absolute Gasteiger partial charge is 0.498 e. The average molecular weight is 383 g/mol. The fraction of sp³-hybridized carbons (Fsp3) is 0.429. The van der Waals surface area contributed by atoms with E-state index in [0.717, 1.165) is 52.8 Å². The third-order valence-corrected chi connectivity index (χ3v) is 5.09. The summed E-state index contributed by atoms with van der Waals surface area (Å²) in [7, 11) is 0.